The Morgan fingerprint density at radius 2 is 1.59 bits per heavy atom. The maximum absolute atomic E-state index is 13.8. The lowest BCUT2D eigenvalue weighted by atomic mass is 9.77. The number of carboxylic acid groups (broad SMARTS) is 1. The third-order valence-electron chi connectivity index (χ3n) is 10.2. The maximum Gasteiger partial charge on any atom is 0.425 e. The van der Waals surface area contributed by atoms with Crippen molar-refractivity contribution in [2.45, 2.75) is 82.4 Å². The Balaban J connectivity index is 1.28. The second-order valence-corrected chi connectivity index (χ2v) is 13.0. The van der Waals surface area contributed by atoms with Gasteiger partial charge in [-0.3, -0.25) is 14.6 Å². The molecule has 0 aromatic heterocycles. The van der Waals surface area contributed by atoms with Gasteiger partial charge in [0.1, 0.15) is 0 Å². The molecule has 1 amide bonds. The molecule has 5 rings (SSSR count). The lowest BCUT2D eigenvalue weighted by Gasteiger charge is -2.45. The molecule has 4 aliphatic rings. The Morgan fingerprint density at radius 3 is 2.20 bits per heavy atom. The average molecular weight is 635 g/mol. The molecule has 1 unspecified atom stereocenters. The number of hydrogen-bond donors (Lipinski definition) is 1. The van der Waals surface area contributed by atoms with E-state index in [0.29, 0.717) is 51.3 Å². The average Bonchev–Trinajstić information content (AvgIpc) is 3.51. The SMILES string of the molecule is CC(OC(=O)N1CCC2(CCCN2Cc2ccc(C(F)(F)F)cc2N2CCC3(CCN(CC(=O)O)C3)CC2)CC1)C(F)(F)F. The number of carbonyl (C=O) groups is 2. The zero-order chi connectivity index (χ0) is 31.9. The predicted octanol–water partition coefficient (Wildman–Crippen LogP) is 5.60. The van der Waals surface area contributed by atoms with Gasteiger partial charge in [-0.15, -0.1) is 0 Å². The highest BCUT2D eigenvalue weighted by molar-refractivity contribution is 5.69. The number of amides is 1. The molecule has 44 heavy (non-hydrogen) atoms. The van der Waals surface area contributed by atoms with Crippen LogP contribution < -0.4 is 4.90 Å². The van der Waals surface area contributed by atoms with Crippen LogP contribution in [-0.2, 0) is 22.3 Å². The Labute approximate surface area is 252 Å². The standard InChI is InChI=1S/C30H40F6N4O4/c1-21(29(31,32)33)44-26(43)39-15-9-28(10-16-39)5-2-11-40(28)18-22-3-4-23(30(34,35)36)17-24(22)38-13-7-27(8-14-38)6-12-37(20-27)19-25(41)42/h3-4,17,21H,2,5-16,18-20H2,1H3,(H,41,42). The minimum absolute atomic E-state index is 0.00749. The van der Waals surface area contributed by atoms with E-state index in [1.165, 1.54) is 11.0 Å². The van der Waals surface area contributed by atoms with Gasteiger partial charge in [-0.05, 0) is 88.1 Å². The van der Waals surface area contributed by atoms with Crippen LogP contribution in [0.25, 0.3) is 0 Å². The number of piperidine rings is 2. The van der Waals surface area contributed by atoms with E-state index in [9.17, 15) is 41.0 Å². The van der Waals surface area contributed by atoms with Gasteiger partial charge in [0.05, 0.1) is 12.1 Å². The molecule has 4 fully saturated rings. The molecular weight excluding hydrogens is 594 g/mol. The molecule has 4 heterocycles. The van der Waals surface area contributed by atoms with Crippen molar-refractivity contribution in [2.75, 3.05) is 57.3 Å². The van der Waals surface area contributed by atoms with Gasteiger partial charge in [-0.25, -0.2) is 4.79 Å². The summed E-state index contributed by atoms with van der Waals surface area (Å²) in [5, 5.41) is 9.17. The van der Waals surface area contributed by atoms with Crippen LogP contribution >= 0.6 is 0 Å². The normalized spacial score (nSPS) is 23.4. The van der Waals surface area contributed by atoms with Crippen molar-refractivity contribution in [2.24, 2.45) is 5.41 Å². The topological polar surface area (TPSA) is 76.6 Å². The molecule has 8 nitrogen and oxygen atoms in total. The molecule has 0 aliphatic carbocycles. The molecule has 1 N–H and O–H groups in total. The quantitative estimate of drug-likeness (QED) is 0.409. The van der Waals surface area contributed by atoms with Crippen molar-refractivity contribution in [3.63, 3.8) is 0 Å². The van der Waals surface area contributed by atoms with Crippen LogP contribution in [0, 0.1) is 5.41 Å². The molecule has 0 radical (unpaired) electrons. The van der Waals surface area contributed by atoms with Crippen molar-refractivity contribution in [3.8, 4) is 0 Å². The van der Waals surface area contributed by atoms with E-state index >= 15 is 0 Å². The summed E-state index contributed by atoms with van der Waals surface area (Å²) in [4.78, 5) is 31.1. The van der Waals surface area contributed by atoms with Gasteiger partial charge in [-0.2, -0.15) is 26.3 Å². The number of rotatable bonds is 6. The summed E-state index contributed by atoms with van der Waals surface area (Å²) in [5.74, 6) is -0.866. The monoisotopic (exact) mass is 634 g/mol. The van der Waals surface area contributed by atoms with E-state index in [1.54, 1.807) is 6.07 Å². The molecule has 1 atom stereocenters. The fourth-order valence-corrected chi connectivity index (χ4v) is 7.56. The number of ether oxygens (including phenoxy) is 1. The molecule has 1 aromatic carbocycles. The number of carboxylic acids is 1. The number of alkyl halides is 6. The summed E-state index contributed by atoms with van der Waals surface area (Å²) in [7, 11) is 0. The molecule has 1 aromatic rings. The van der Waals surface area contributed by atoms with E-state index in [2.05, 4.69) is 9.64 Å². The molecular formula is C30H40F6N4O4. The first-order valence-corrected chi connectivity index (χ1v) is 15.3. The third kappa shape index (κ3) is 7.05. The molecule has 4 saturated heterocycles. The maximum atomic E-state index is 13.8. The Morgan fingerprint density at radius 1 is 0.932 bits per heavy atom. The van der Waals surface area contributed by atoms with Gasteiger partial charge in [-0.1, -0.05) is 6.07 Å². The van der Waals surface area contributed by atoms with Gasteiger partial charge in [0, 0.05) is 50.5 Å². The highest BCUT2D eigenvalue weighted by atomic mass is 19.4. The Kier molecular flexibility index (Phi) is 9.07. The van der Waals surface area contributed by atoms with Crippen molar-refractivity contribution in [1.29, 1.82) is 0 Å². The molecule has 4 aliphatic heterocycles. The fourth-order valence-electron chi connectivity index (χ4n) is 7.56. The second-order valence-electron chi connectivity index (χ2n) is 13.0. The number of nitrogens with zero attached hydrogens (tertiary/aromatic N) is 4. The zero-order valence-corrected chi connectivity index (χ0v) is 24.9. The van der Waals surface area contributed by atoms with Gasteiger partial charge in [0.2, 0.25) is 0 Å². The summed E-state index contributed by atoms with van der Waals surface area (Å²) in [6, 6.07) is 3.92. The smallest absolute Gasteiger partial charge is 0.425 e. The van der Waals surface area contributed by atoms with E-state index in [-0.39, 0.29) is 30.6 Å². The fraction of sp³-hybridized carbons (Fsp3) is 0.733. The largest absolute Gasteiger partial charge is 0.480 e. The van der Waals surface area contributed by atoms with Crippen LogP contribution in [0.1, 0.15) is 63.0 Å². The van der Waals surface area contributed by atoms with Crippen LogP contribution in [0.15, 0.2) is 18.2 Å². The van der Waals surface area contributed by atoms with E-state index in [4.69, 9.17) is 0 Å². The number of likely N-dealkylation sites (tertiary alicyclic amines) is 3. The van der Waals surface area contributed by atoms with Crippen molar-refractivity contribution in [1.82, 2.24) is 14.7 Å². The van der Waals surface area contributed by atoms with E-state index < -0.39 is 36.1 Å². The van der Waals surface area contributed by atoms with Gasteiger partial charge < -0.3 is 19.6 Å². The molecule has 2 spiro atoms. The Hall–Kier alpha value is -2.74. The minimum Gasteiger partial charge on any atom is -0.480 e. The first kappa shape index (κ1) is 32.6. The van der Waals surface area contributed by atoms with E-state index in [0.717, 1.165) is 57.2 Å². The third-order valence-corrected chi connectivity index (χ3v) is 10.2. The van der Waals surface area contributed by atoms with Crippen molar-refractivity contribution < 1.29 is 45.8 Å². The highest BCUT2D eigenvalue weighted by Gasteiger charge is 2.46. The van der Waals surface area contributed by atoms with Crippen LogP contribution in [0.2, 0.25) is 0 Å². The second kappa shape index (κ2) is 12.2. The summed E-state index contributed by atoms with van der Waals surface area (Å²) in [5.41, 5.74) is 0.311. The Bertz CT molecular complexity index is 1210. The van der Waals surface area contributed by atoms with Crippen LogP contribution in [-0.4, -0.2) is 102 Å². The zero-order valence-electron chi connectivity index (χ0n) is 24.9. The first-order chi connectivity index (χ1) is 20.6. The summed E-state index contributed by atoms with van der Waals surface area (Å²) < 4.78 is 84.7. The molecule has 246 valence electrons. The van der Waals surface area contributed by atoms with Crippen molar-refractivity contribution >= 4 is 17.7 Å². The lowest BCUT2D eigenvalue weighted by molar-refractivity contribution is -0.200. The van der Waals surface area contributed by atoms with Crippen LogP contribution in [0.4, 0.5) is 36.8 Å². The molecule has 0 bridgehead atoms. The minimum atomic E-state index is -4.64. The van der Waals surface area contributed by atoms with Gasteiger partial charge >= 0.3 is 24.4 Å². The summed E-state index contributed by atoms with van der Waals surface area (Å²) >= 11 is 0. The highest BCUT2D eigenvalue weighted by Crippen LogP contribution is 2.44. The van der Waals surface area contributed by atoms with Gasteiger partial charge in [0.25, 0.3) is 0 Å². The van der Waals surface area contributed by atoms with Crippen molar-refractivity contribution in [3.05, 3.63) is 29.3 Å². The molecule has 0 saturated carbocycles. The number of halogens is 6. The number of hydrogen-bond acceptors (Lipinski definition) is 6. The van der Waals surface area contributed by atoms with Crippen LogP contribution in [0.5, 0.6) is 0 Å². The molecule has 14 heteroatoms. The van der Waals surface area contributed by atoms with E-state index in [1.807, 2.05) is 9.80 Å². The summed E-state index contributed by atoms with van der Waals surface area (Å²) in [6.07, 6.45) is -7.11. The number of benzene rings is 1. The first-order valence-electron chi connectivity index (χ1n) is 15.3. The predicted molar refractivity (Wildman–Crippen MR) is 149 cm³/mol. The number of anilines is 1. The number of carbonyl (C=O) groups excluding carboxylic acids is 1. The van der Waals surface area contributed by atoms with Gasteiger partial charge in [0.15, 0.2) is 6.10 Å². The summed E-state index contributed by atoms with van der Waals surface area (Å²) in [6.45, 7) is 4.98. The van der Waals surface area contributed by atoms with Crippen LogP contribution in [0.3, 0.4) is 0 Å². The number of aliphatic carboxylic acids is 1. The lowest BCUT2D eigenvalue weighted by Crippen LogP contribution is -2.53.